The van der Waals surface area contributed by atoms with Gasteiger partial charge in [-0.2, -0.15) is 0 Å². The summed E-state index contributed by atoms with van der Waals surface area (Å²) in [6, 6.07) is 3.56. The molecule has 1 aromatic rings. The van der Waals surface area contributed by atoms with Crippen molar-refractivity contribution >= 4 is 18.2 Å². The summed E-state index contributed by atoms with van der Waals surface area (Å²) in [4.78, 5) is 0.801. The summed E-state index contributed by atoms with van der Waals surface area (Å²) in [5.74, 6) is 0.450. The third kappa shape index (κ3) is 3.29. The quantitative estimate of drug-likeness (QED) is 0.642. The van der Waals surface area contributed by atoms with Gasteiger partial charge in [-0.15, -0.1) is 12.6 Å². The van der Waals surface area contributed by atoms with Gasteiger partial charge in [0.15, 0.2) is 0 Å². The van der Waals surface area contributed by atoms with Crippen molar-refractivity contribution in [2.45, 2.75) is 32.0 Å². The molecule has 18 heavy (non-hydrogen) atoms. The van der Waals surface area contributed by atoms with Gasteiger partial charge in [0, 0.05) is 17.4 Å². The minimum absolute atomic E-state index is 0.450. The number of hydrogen-bond acceptors (Lipinski definition) is 3. The van der Waals surface area contributed by atoms with E-state index in [1.165, 1.54) is 13.1 Å². The third-order valence-electron chi connectivity index (χ3n) is 2.64. The van der Waals surface area contributed by atoms with Crippen LogP contribution >= 0.6 is 12.6 Å². The fraction of sp³-hybridized carbons (Fsp3) is 0.286. The Labute approximate surface area is 113 Å². The second-order valence-corrected chi connectivity index (χ2v) is 4.61. The standard InChI is InChI=1S/C14H18FNOS/c1-8-5-13(17-11(4)15)12(6-14(8)18)10(3)9(2)7-16/h5-7,11,18H,3,16H2,1-2,4H3/b9-7-. The van der Waals surface area contributed by atoms with Crippen LogP contribution in [0.1, 0.15) is 25.0 Å². The molecular formula is C14H18FNOS. The first-order valence-electron chi connectivity index (χ1n) is 5.59. The first-order valence-corrected chi connectivity index (χ1v) is 6.04. The predicted molar refractivity (Wildman–Crippen MR) is 76.6 cm³/mol. The highest BCUT2D eigenvalue weighted by Gasteiger charge is 2.13. The number of thiol groups is 1. The van der Waals surface area contributed by atoms with Gasteiger partial charge in [-0.3, -0.25) is 0 Å². The van der Waals surface area contributed by atoms with Crippen molar-refractivity contribution in [3.05, 3.63) is 41.6 Å². The zero-order valence-electron chi connectivity index (χ0n) is 10.8. The Kier molecular flexibility index (Phi) is 4.84. The minimum Gasteiger partial charge on any atom is -0.460 e. The molecule has 1 atom stereocenters. The second-order valence-electron chi connectivity index (χ2n) is 4.12. The maximum atomic E-state index is 13.0. The van der Waals surface area contributed by atoms with Gasteiger partial charge in [0.25, 0.3) is 0 Å². The van der Waals surface area contributed by atoms with Crippen molar-refractivity contribution < 1.29 is 9.13 Å². The Hall–Kier alpha value is -1.42. The van der Waals surface area contributed by atoms with Crippen molar-refractivity contribution in [3.63, 3.8) is 0 Å². The Morgan fingerprint density at radius 1 is 1.56 bits per heavy atom. The molecule has 0 saturated heterocycles. The molecule has 1 unspecified atom stereocenters. The molecule has 0 spiro atoms. The first-order chi connectivity index (χ1) is 8.36. The van der Waals surface area contributed by atoms with E-state index in [-0.39, 0.29) is 0 Å². The van der Waals surface area contributed by atoms with Crippen LogP contribution in [0.5, 0.6) is 5.75 Å². The molecule has 2 nitrogen and oxygen atoms in total. The smallest absolute Gasteiger partial charge is 0.235 e. The number of rotatable bonds is 4. The van der Waals surface area contributed by atoms with E-state index in [2.05, 4.69) is 19.2 Å². The van der Waals surface area contributed by atoms with Crippen LogP contribution in [0.4, 0.5) is 4.39 Å². The number of allylic oxidation sites excluding steroid dienone is 2. The maximum Gasteiger partial charge on any atom is 0.235 e. The summed E-state index contributed by atoms with van der Waals surface area (Å²) >= 11 is 4.36. The Bertz CT molecular complexity index is 495. The van der Waals surface area contributed by atoms with Gasteiger partial charge in [0.2, 0.25) is 6.36 Å². The number of benzene rings is 1. The molecule has 4 heteroatoms. The van der Waals surface area contributed by atoms with Crippen LogP contribution in [0.3, 0.4) is 0 Å². The highest BCUT2D eigenvalue weighted by Crippen LogP contribution is 2.34. The molecule has 0 heterocycles. The Morgan fingerprint density at radius 2 is 2.17 bits per heavy atom. The largest absolute Gasteiger partial charge is 0.460 e. The summed E-state index contributed by atoms with van der Waals surface area (Å²) in [6.07, 6.45) is 0.0760. The van der Waals surface area contributed by atoms with Gasteiger partial charge < -0.3 is 10.5 Å². The molecule has 0 aromatic heterocycles. The molecular weight excluding hydrogens is 249 g/mol. The van der Waals surface area contributed by atoms with Crippen LogP contribution < -0.4 is 10.5 Å². The van der Waals surface area contributed by atoms with E-state index in [1.807, 2.05) is 19.9 Å². The molecule has 1 aromatic carbocycles. The highest BCUT2D eigenvalue weighted by atomic mass is 32.1. The monoisotopic (exact) mass is 267 g/mol. The van der Waals surface area contributed by atoms with Crippen LogP contribution in [0, 0.1) is 6.92 Å². The molecule has 98 valence electrons. The van der Waals surface area contributed by atoms with E-state index in [4.69, 9.17) is 10.5 Å². The number of nitrogens with two attached hydrogens (primary N) is 1. The maximum absolute atomic E-state index is 13.0. The van der Waals surface area contributed by atoms with E-state index >= 15 is 0 Å². The fourth-order valence-corrected chi connectivity index (χ4v) is 1.68. The highest BCUT2D eigenvalue weighted by molar-refractivity contribution is 7.80. The number of ether oxygens (including phenoxy) is 1. The summed E-state index contributed by atoms with van der Waals surface area (Å²) < 4.78 is 18.2. The van der Waals surface area contributed by atoms with Crippen LogP contribution in [0.2, 0.25) is 0 Å². The number of alkyl halides is 1. The van der Waals surface area contributed by atoms with Gasteiger partial charge >= 0.3 is 0 Å². The van der Waals surface area contributed by atoms with Crippen molar-refractivity contribution in [2.75, 3.05) is 0 Å². The van der Waals surface area contributed by atoms with E-state index in [0.29, 0.717) is 16.9 Å². The number of aryl methyl sites for hydroxylation is 1. The molecule has 0 aliphatic heterocycles. The molecule has 0 fully saturated rings. The lowest BCUT2D eigenvalue weighted by Crippen LogP contribution is -2.06. The van der Waals surface area contributed by atoms with Crippen molar-refractivity contribution in [1.29, 1.82) is 0 Å². The Morgan fingerprint density at radius 3 is 2.67 bits per heavy atom. The zero-order valence-corrected chi connectivity index (χ0v) is 11.7. The van der Waals surface area contributed by atoms with Crippen LogP contribution in [0.15, 0.2) is 35.4 Å². The topological polar surface area (TPSA) is 35.2 Å². The van der Waals surface area contributed by atoms with Crippen molar-refractivity contribution in [3.8, 4) is 5.75 Å². The number of halogens is 1. The van der Waals surface area contributed by atoms with Crippen LogP contribution in [0.25, 0.3) is 5.57 Å². The summed E-state index contributed by atoms with van der Waals surface area (Å²) in [6.45, 7) is 9.01. The molecule has 0 radical (unpaired) electrons. The molecule has 1 rings (SSSR count). The van der Waals surface area contributed by atoms with Gasteiger partial charge in [0.05, 0.1) is 0 Å². The Balaban J connectivity index is 3.31. The molecule has 0 saturated carbocycles. The third-order valence-corrected chi connectivity index (χ3v) is 3.12. The minimum atomic E-state index is -1.39. The molecule has 0 amide bonds. The predicted octanol–water partition coefficient (Wildman–Crippen LogP) is 3.85. The van der Waals surface area contributed by atoms with Gasteiger partial charge in [-0.25, -0.2) is 4.39 Å². The average Bonchev–Trinajstić information content (AvgIpc) is 2.31. The van der Waals surface area contributed by atoms with Gasteiger partial charge in [-0.05, 0) is 48.9 Å². The van der Waals surface area contributed by atoms with E-state index in [9.17, 15) is 4.39 Å². The van der Waals surface area contributed by atoms with Crippen LogP contribution in [-0.2, 0) is 0 Å². The van der Waals surface area contributed by atoms with Gasteiger partial charge in [-0.1, -0.05) is 6.58 Å². The van der Waals surface area contributed by atoms with Gasteiger partial charge in [0.1, 0.15) is 5.75 Å². The zero-order chi connectivity index (χ0) is 13.9. The lowest BCUT2D eigenvalue weighted by molar-refractivity contribution is 0.0856. The SMILES string of the molecule is C=C(/C(C)=C\N)c1cc(S)c(C)cc1OC(C)F. The van der Waals surface area contributed by atoms with Crippen LogP contribution in [-0.4, -0.2) is 6.36 Å². The summed E-state index contributed by atoms with van der Waals surface area (Å²) in [5.41, 5.74) is 8.60. The second kappa shape index (κ2) is 5.96. The fourth-order valence-electron chi connectivity index (χ4n) is 1.49. The van der Waals surface area contributed by atoms with Crippen molar-refractivity contribution in [2.24, 2.45) is 5.73 Å². The number of hydrogen-bond donors (Lipinski definition) is 2. The first kappa shape index (κ1) is 14.6. The molecule has 2 N–H and O–H groups in total. The normalized spacial score (nSPS) is 13.3. The van der Waals surface area contributed by atoms with Crippen molar-refractivity contribution in [1.82, 2.24) is 0 Å². The lowest BCUT2D eigenvalue weighted by Gasteiger charge is -2.16. The van der Waals surface area contributed by atoms with E-state index in [1.54, 1.807) is 6.07 Å². The molecule has 0 aliphatic carbocycles. The lowest BCUT2D eigenvalue weighted by atomic mass is 9.99. The average molecular weight is 267 g/mol. The molecule has 0 bridgehead atoms. The van der Waals surface area contributed by atoms with E-state index < -0.39 is 6.36 Å². The summed E-state index contributed by atoms with van der Waals surface area (Å²) in [7, 11) is 0. The van der Waals surface area contributed by atoms with E-state index in [0.717, 1.165) is 16.0 Å². The summed E-state index contributed by atoms with van der Waals surface area (Å²) in [5, 5.41) is 0. The molecule has 0 aliphatic rings.